The average molecular weight is 398 g/mol. The molecule has 1 N–H and O–H groups in total. The van der Waals surface area contributed by atoms with Crippen molar-refractivity contribution in [3.63, 3.8) is 0 Å². The molecule has 0 saturated carbocycles. The Labute approximate surface area is 167 Å². The van der Waals surface area contributed by atoms with E-state index in [0.29, 0.717) is 13.0 Å². The van der Waals surface area contributed by atoms with E-state index < -0.39 is 0 Å². The predicted molar refractivity (Wildman–Crippen MR) is 107 cm³/mol. The normalized spacial score (nSPS) is 10.7. The lowest BCUT2D eigenvalue weighted by atomic mass is 10.2. The van der Waals surface area contributed by atoms with Crippen molar-refractivity contribution in [2.75, 3.05) is 20.6 Å². The molecule has 1 aromatic carbocycles. The first-order chi connectivity index (χ1) is 13.4. The summed E-state index contributed by atoms with van der Waals surface area (Å²) >= 11 is 1.59. The number of amides is 2. The third-order valence-electron chi connectivity index (χ3n) is 4.08. The van der Waals surface area contributed by atoms with Crippen LogP contribution in [0.4, 0.5) is 0 Å². The van der Waals surface area contributed by atoms with E-state index in [1.807, 2.05) is 5.38 Å². The van der Waals surface area contributed by atoms with Crippen molar-refractivity contribution in [2.24, 2.45) is 0 Å². The monoisotopic (exact) mass is 398 g/mol. The van der Waals surface area contributed by atoms with E-state index in [1.165, 1.54) is 21.3 Å². The van der Waals surface area contributed by atoms with Crippen LogP contribution in [-0.4, -0.2) is 57.3 Å². The average Bonchev–Trinajstić information content (AvgIpc) is 3.32. The topological polar surface area (TPSA) is 93.0 Å². The van der Waals surface area contributed by atoms with Crippen molar-refractivity contribution in [1.82, 2.24) is 30.2 Å². The van der Waals surface area contributed by atoms with Crippen LogP contribution in [0.5, 0.6) is 0 Å². The van der Waals surface area contributed by atoms with E-state index in [2.05, 4.69) is 51.8 Å². The number of nitrogens with zero attached hydrogens (tertiary/aromatic N) is 5. The molecule has 0 radical (unpaired) electrons. The molecule has 8 nitrogen and oxygen atoms in total. The van der Waals surface area contributed by atoms with Gasteiger partial charge in [0.2, 0.25) is 5.91 Å². The van der Waals surface area contributed by atoms with Crippen LogP contribution in [0, 0.1) is 6.92 Å². The fourth-order valence-corrected chi connectivity index (χ4v) is 3.27. The van der Waals surface area contributed by atoms with Crippen molar-refractivity contribution >= 4 is 23.2 Å². The van der Waals surface area contributed by atoms with Gasteiger partial charge in [-0.3, -0.25) is 9.59 Å². The maximum Gasteiger partial charge on any atom is 0.273 e. The second-order valence-electron chi connectivity index (χ2n) is 6.61. The highest BCUT2D eigenvalue weighted by Gasteiger charge is 2.13. The molecule has 0 atom stereocenters. The standard InChI is InChI=1S/C19H22N6O2S/c1-13-4-6-14(7-5-13)19-21-15(12-28-19)8-9-20-18(27)16-10-25(23-22-16)11-17(26)24(2)3/h4-7,10,12H,8-9,11H2,1-3H3,(H,20,27). The molecule has 3 aromatic rings. The number of hydrogen-bond acceptors (Lipinski definition) is 6. The molecule has 0 aliphatic rings. The fraction of sp³-hybridized carbons (Fsp3) is 0.316. The molecule has 3 rings (SSSR count). The van der Waals surface area contributed by atoms with Gasteiger partial charge in [-0.2, -0.15) is 0 Å². The Morgan fingerprint density at radius 1 is 1.21 bits per heavy atom. The van der Waals surface area contributed by atoms with Gasteiger partial charge in [0.1, 0.15) is 11.6 Å². The number of nitrogens with one attached hydrogen (secondary N) is 1. The molecule has 0 bridgehead atoms. The Hall–Kier alpha value is -3.07. The lowest BCUT2D eigenvalue weighted by Gasteiger charge is -2.08. The fourth-order valence-electron chi connectivity index (χ4n) is 2.40. The zero-order chi connectivity index (χ0) is 20.1. The van der Waals surface area contributed by atoms with Gasteiger partial charge in [0.05, 0.1) is 11.9 Å². The van der Waals surface area contributed by atoms with Gasteiger partial charge in [-0.25, -0.2) is 9.67 Å². The molecule has 2 amide bonds. The number of carbonyl (C=O) groups is 2. The van der Waals surface area contributed by atoms with Crippen molar-refractivity contribution in [1.29, 1.82) is 0 Å². The second-order valence-corrected chi connectivity index (χ2v) is 7.46. The zero-order valence-electron chi connectivity index (χ0n) is 16.0. The number of likely N-dealkylation sites (N-methyl/N-ethyl adjacent to an activating group) is 1. The summed E-state index contributed by atoms with van der Waals surface area (Å²) in [5.74, 6) is -0.442. The Kier molecular flexibility index (Phi) is 6.15. The van der Waals surface area contributed by atoms with Crippen LogP contribution in [0.25, 0.3) is 10.6 Å². The number of rotatable bonds is 7. The zero-order valence-corrected chi connectivity index (χ0v) is 16.9. The summed E-state index contributed by atoms with van der Waals surface area (Å²) in [6.07, 6.45) is 2.09. The predicted octanol–water partition coefficient (Wildman–Crippen LogP) is 1.77. The molecule has 0 saturated heterocycles. The number of aryl methyl sites for hydroxylation is 1. The number of hydrogen-bond donors (Lipinski definition) is 1. The minimum atomic E-state index is -0.322. The van der Waals surface area contributed by atoms with Gasteiger partial charge in [0.25, 0.3) is 5.91 Å². The van der Waals surface area contributed by atoms with Gasteiger partial charge in [0, 0.05) is 38.0 Å². The van der Waals surface area contributed by atoms with Crippen LogP contribution in [0.3, 0.4) is 0 Å². The molecule has 0 unspecified atom stereocenters. The van der Waals surface area contributed by atoms with Crippen LogP contribution in [0.2, 0.25) is 0 Å². The third kappa shape index (κ3) is 5.01. The van der Waals surface area contributed by atoms with Crippen LogP contribution in [0.15, 0.2) is 35.8 Å². The summed E-state index contributed by atoms with van der Waals surface area (Å²) in [5, 5.41) is 13.4. The highest BCUT2D eigenvalue weighted by Crippen LogP contribution is 2.24. The van der Waals surface area contributed by atoms with E-state index in [-0.39, 0.29) is 24.1 Å². The van der Waals surface area contributed by atoms with E-state index in [4.69, 9.17) is 0 Å². The van der Waals surface area contributed by atoms with Gasteiger partial charge < -0.3 is 10.2 Å². The molecule has 2 aromatic heterocycles. The van der Waals surface area contributed by atoms with Crippen molar-refractivity contribution in [3.8, 4) is 10.6 Å². The Morgan fingerprint density at radius 3 is 2.68 bits per heavy atom. The van der Waals surface area contributed by atoms with Crippen molar-refractivity contribution < 1.29 is 9.59 Å². The molecule has 146 valence electrons. The van der Waals surface area contributed by atoms with E-state index >= 15 is 0 Å². The highest BCUT2D eigenvalue weighted by molar-refractivity contribution is 7.13. The summed E-state index contributed by atoms with van der Waals surface area (Å²) in [4.78, 5) is 29.9. The molecule has 9 heteroatoms. The minimum Gasteiger partial charge on any atom is -0.350 e. The lowest BCUT2D eigenvalue weighted by Crippen LogP contribution is -2.27. The molecule has 0 spiro atoms. The van der Waals surface area contributed by atoms with Crippen molar-refractivity contribution in [2.45, 2.75) is 19.9 Å². The van der Waals surface area contributed by atoms with E-state index in [9.17, 15) is 9.59 Å². The summed E-state index contributed by atoms with van der Waals surface area (Å²) in [5.41, 5.74) is 3.42. The van der Waals surface area contributed by atoms with Crippen LogP contribution in [-0.2, 0) is 17.8 Å². The highest BCUT2D eigenvalue weighted by atomic mass is 32.1. The molecular weight excluding hydrogens is 376 g/mol. The SMILES string of the molecule is Cc1ccc(-c2nc(CCNC(=O)c3cn(CC(=O)N(C)C)nn3)cs2)cc1. The first-order valence-corrected chi connectivity index (χ1v) is 9.70. The minimum absolute atomic E-state index is 0.0495. The van der Waals surface area contributed by atoms with E-state index in [0.717, 1.165) is 16.3 Å². The Morgan fingerprint density at radius 2 is 1.96 bits per heavy atom. The molecular formula is C19H22N6O2S. The molecule has 0 aliphatic heterocycles. The maximum absolute atomic E-state index is 12.2. The molecule has 0 aliphatic carbocycles. The first kappa shape index (κ1) is 19.7. The first-order valence-electron chi connectivity index (χ1n) is 8.82. The summed E-state index contributed by atoms with van der Waals surface area (Å²) < 4.78 is 1.35. The van der Waals surface area contributed by atoms with Gasteiger partial charge in [-0.05, 0) is 6.92 Å². The van der Waals surface area contributed by atoms with Crippen LogP contribution in [0.1, 0.15) is 21.7 Å². The molecule has 28 heavy (non-hydrogen) atoms. The van der Waals surface area contributed by atoms with E-state index in [1.54, 1.807) is 25.4 Å². The van der Waals surface area contributed by atoms with Gasteiger partial charge in [-0.1, -0.05) is 35.0 Å². The van der Waals surface area contributed by atoms with Crippen LogP contribution >= 0.6 is 11.3 Å². The smallest absolute Gasteiger partial charge is 0.273 e. The van der Waals surface area contributed by atoms with Crippen molar-refractivity contribution in [3.05, 3.63) is 52.8 Å². The maximum atomic E-state index is 12.2. The molecule has 2 heterocycles. The third-order valence-corrected chi connectivity index (χ3v) is 5.02. The number of benzene rings is 1. The van der Waals surface area contributed by atoms with Gasteiger partial charge in [-0.15, -0.1) is 16.4 Å². The lowest BCUT2D eigenvalue weighted by molar-refractivity contribution is -0.129. The molecule has 0 fully saturated rings. The second kappa shape index (κ2) is 8.75. The number of thiazole rings is 1. The summed E-state index contributed by atoms with van der Waals surface area (Å²) in [6, 6.07) is 8.25. The quantitative estimate of drug-likeness (QED) is 0.655. The largest absolute Gasteiger partial charge is 0.350 e. The van der Waals surface area contributed by atoms with Gasteiger partial charge >= 0.3 is 0 Å². The van der Waals surface area contributed by atoms with Crippen LogP contribution < -0.4 is 5.32 Å². The Bertz CT molecular complexity index is 961. The number of aromatic nitrogens is 4. The summed E-state index contributed by atoms with van der Waals surface area (Å²) in [6.45, 7) is 2.55. The summed E-state index contributed by atoms with van der Waals surface area (Å²) in [7, 11) is 3.32. The Balaban J connectivity index is 1.50. The number of carbonyl (C=O) groups excluding carboxylic acids is 2. The van der Waals surface area contributed by atoms with Gasteiger partial charge in [0.15, 0.2) is 5.69 Å².